The molecule has 5 nitrogen and oxygen atoms in total. The fourth-order valence-corrected chi connectivity index (χ4v) is 1.64. The molecule has 0 atom stereocenters. The number of hydrogen-bond donors (Lipinski definition) is 2. The second-order valence-corrected chi connectivity index (χ2v) is 3.85. The fraction of sp³-hybridized carbons (Fsp3) is 0. The van der Waals surface area contributed by atoms with E-state index in [2.05, 4.69) is 4.98 Å². The van der Waals surface area contributed by atoms with Gasteiger partial charge in [-0.25, -0.2) is 9.37 Å². The summed E-state index contributed by atoms with van der Waals surface area (Å²) in [6.07, 6.45) is 3.07. The van der Waals surface area contributed by atoms with Gasteiger partial charge in [0.25, 0.3) is 5.56 Å². The van der Waals surface area contributed by atoms with Crippen molar-refractivity contribution in [3.8, 4) is 5.69 Å². The van der Waals surface area contributed by atoms with Gasteiger partial charge in [0.2, 0.25) is 0 Å². The maximum absolute atomic E-state index is 13.6. The molecule has 0 unspecified atom stereocenters. The molecule has 92 valence electrons. The molecule has 2 rings (SSSR count). The highest BCUT2D eigenvalue weighted by atomic mass is 35.5. The van der Waals surface area contributed by atoms with Crippen LogP contribution in [0.2, 0.25) is 5.15 Å². The van der Waals surface area contributed by atoms with Crippen LogP contribution in [0.15, 0.2) is 29.3 Å². The average Bonchev–Trinajstić information content (AvgIpc) is 2.34. The van der Waals surface area contributed by atoms with Gasteiger partial charge in [0.1, 0.15) is 5.15 Å². The van der Waals surface area contributed by atoms with Gasteiger partial charge in [0.05, 0.1) is 17.4 Å². The van der Waals surface area contributed by atoms with Gasteiger partial charge in [0, 0.05) is 24.2 Å². The molecule has 0 saturated heterocycles. The van der Waals surface area contributed by atoms with Crippen LogP contribution < -0.4 is 11.3 Å². The van der Waals surface area contributed by atoms with Crippen LogP contribution in [0.1, 0.15) is 5.56 Å². The number of anilines is 1. The van der Waals surface area contributed by atoms with Crippen LogP contribution in [0, 0.1) is 11.2 Å². The lowest BCUT2D eigenvalue weighted by molar-refractivity contribution is 0.610. The normalized spacial score (nSPS) is 10.3. The van der Waals surface area contributed by atoms with E-state index >= 15 is 0 Å². The topological polar surface area (TPSA) is 84.8 Å². The third kappa shape index (κ3) is 1.98. The van der Waals surface area contributed by atoms with Gasteiger partial charge in [0.15, 0.2) is 5.82 Å². The standard InChI is InChI=1S/C11H8ClFN4O/c12-10-3-9(7(13)5-16-10)17-2-1-8(15)6(4-14)11(17)18/h1-5,14H,15H2. The Kier molecular flexibility index (Phi) is 3.12. The molecule has 0 amide bonds. The van der Waals surface area contributed by atoms with E-state index in [9.17, 15) is 9.18 Å². The van der Waals surface area contributed by atoms with E-state index in [1.807, 2.05) is 0 Å². The summed E-state index contributed by atoms with van der Waals surface area (Å²) >= 11 is 5.66. The van der Waals surface area contributed by atoms with Crippen LogP contribution in [-0.4, -0.2) is 15.8 Å². The molecule has 0 bridgehead atoms. The number of rotatable bonds is 2. The van der Waals surface area contributed by atoms with Gasteiger partial charge in [-0.3, -0.25) is 9.36 Å². The van der Waals surface area contributed by atoms with Gasteiger partial charge in [-0.05, 0) is 6.07 Å². The maximum atomic E-state index is 13.6. The number of hydrogen-bond acceptors (Lipinski definition) is 4. The molecule has 0 fully saturated rings. The largest absolute Gasteiger partial charge is 0.398 e. The third-order valence-corrected chi connectivity index (χ3v) is 2.58. The molecule has 18 heavy (non-hydrogen) atoms. The van der Waals surface area contributed by atoms with E-state index in [4.69, 9.17) is 22.7 Å². The number of pyridine rings is 2. The van der Waals surface area contributed by atoms with Gasteiger partial charge in [-0.1, -0.05) is 11.6 Å². The molecular weight excluding hydrogens is 259 g/mol. The van der Waals surface area contributed by atoms with E-state index in [1.165, 1.54) is 18.3 Å². The number of aromatic nitrogens is 2. The van der Waals surface area contributed by atoms with Crippen LogP contribution >= 0.6 is 11.6 Å². The Bertz CT molecular complexity index is 683. The number of halogens is 2. The summed E-state index contributed by atoms with van der Waals surface area (Å²) in [5, 5.41) is 7.19. The molecule has 2 heterocycles. The predicted molar refractivity (Wildman–Crippen MR) is 67.1 cm³/mol. The Morgan fingerprint density at radius 2 is 2.28 bits per heavy atom. The molecule has 2 aromatic heterocycles. The smallest absolute Gasteiger partial charge is 0.266 e. The molecule has 0 radical (unpaired) electrons. The first-order chi connectivity index (χ1) is 8.54. The molecule has 2 aromatic rings. The van der Waals surface area contributed by atoms with Gasteiger partial charge >= 0.3 is 0 Å². The Balaban J connectivity index is 2.76. The maximum Gasteiger partial charge on any atom is 0.266 e. The van der Waals surface area contributed by atoms with Crippen molar-refractivity contribution in [1.29, 1.82) is 5.41 Å². The first kappa shape index (κ1) is 12.3. The highest BCUT2D eigenvalue weighted by molar-refractivity contribution is 6.29. The first-order valence-corrected chi connectivity index (χ1v) is 5.25. The number of nitrogens with two attached hydrogens (primary N) is 1. The number of nitrogens with one attached hydrogen (secondary N) is 1. The molecule has 0 spiro atoms. The summed E-state index contributed by atoms with van der Waals surface area (Å²) in [6.45, 7) is 0. The highest BCUT2D eigenvalue weighted by Gasteiger charge is 2.11. The Morgan fingerprint density at radius 3 is 2.94 bits per heavy atom. The Labute approximate surface area is 106 Å². The molecule has 3 N–H and O–H groups in total. The van der Waals surface area contributed by atoms with Crippen LogP contribution in [-0.2, 0) is 0 Å². The summed E-state index contributed by atoms with van der Waals surface area (Å²) in [4.78, 5) is 15.5. The molecule has 0 aliphatic heterocycles. The fourth-order valence-electron chi connectivity index (χ4n) is 1.49. The minimum Gasteiger partial charge on any atom is -0.398 e. The highest BCUT2D eigenvalue weighted by Crippen LogP contribution is 2.16. The predicted octanol–water partition coefficient (Wildman–Crippen LogP) is 1.60. The van der Waals surface area contributed by atoms with Crippen molar-refractivity contribution >= 4 is 23.5 Å². The molecule has 0 aliphatic carbocycles. The summed E-state index contributed by atoms with van der Waals surface area (Å²) in [5.41, 5.74) is 5.07. The molecule has 0 aliphatic rings. The zero-order chi connectivity index (χ0) is 13.3. The zero-order valence-corrected chi connectivity index (χ0v) is 9.78. The molecular formula is C11H8ClFN4O. The van der Waals surface area contributed by atoms with Crippen molar-refractivity contribution < 1.29 is 4.39 Å². The van der Waals surface area contributed by atoms with Gasteiger partial charge in [-0.2, -0.15) is 0 Å². The summed E-state index contributed by atoms with van der Waals surface area (Å²) < 4.78 is 14.6. The van der Waals surface area contributed by atoms with E-state index in [-0.39, 0.29) is 22.1 Å². The molecule has 0 aromatic carbocycles. The van der Waals surface area contributed by atoms with Gasteiger partial charge < -0.3 is 11.1 Å². The summed E-state index contributed by atoms with van der Waals surface area (Å²) in [6, 6.07) is 2.64. The SMILES string of the molecule is N=Cc1c(N)ccn(-c2cc(Cl)ncc2F)c1=O. The Hall–Kier alpha value is -2.21. The van der Waals surface area contributed by atoms with Crippen molar-refractivity contribution in [1.82, 2.24) is 9.55 Å². The molecule has 0 saturated carbocycles. The summed E-state index contributed by atoms with van der Waals surface area (Å²) in [5.74, 6) is -0.692. The monoisotopic (exact) mass is 266 g/mol. The lowest BCUT2D eigenvalue weighted by Crippen LogP contribution is -2.23. The van der Waals surface area contributed by atoms with Crippen LogP contribution in [0.3, 0.4) is 0 Å². The summed E-state index contributed by atoms with van der Waals surface area (Å²) in [7, 11) is 0. The average molecular weight is 267 g/mol. The van der Waals surface area contributed by atoms with E-state index in [1.54, 1.807) is 0 Å². The number of nitrogens with zero attached hydrogens (tertiary/aromatic N) is 2. The van der Waals surface area contributed by atoms with E-state index in [0.717, 1.165) is 17.0 Å². The van der Waals surface area contributed by atoms with Crippen molar-refractivity contribution in [2.45, 2.75) is 0 Å². The molecule has 7 heteroatoms. The van der Waals surface area contributed by atoms with Crippen molar-refractivity contribution in [2.75, 3.05) is 5.73 Å². The van der Waals surface area contributed by atoms with Crippen LogP contribution in [0.25, 0.3) is 5.69 Å². The quantitative estimate of drug-likeness (QED) is 0.640. The second kappa shape index (κ2) is 4.58. The minimum absolute atomic E-state index is 0.00941. The lowest BCUT2D eigenvalue weighted by Gasteiger charge is -2.09. The third-order valence-electron chi connectivity index (χ3n) is 2.37. The van der Waals surface area contributed by atoms with E-state index < -0.39 is 11.4 Å². The van der Waals surface area contributed by atoms with Gasteiger partial charge in [-0.15, -0.1) is 0 Å². The second-order valence-electron chi connectivity index (χ2n) is 3.46. The zero-order valence-electron chi connectivity index (χ0n) is 9.02. The Morgan fingerprint density at radius 1 is 1.56 bits per heavy atom. The van der Waals surface area contributed by atoms with Crippen molar-refractivity contribution in [2.24, 2.45) is 0 Å². The van der Waals surface area contributed by atoms with Crippen LogP contribution in [0.5, 0.6) is 0 Å². The number of nitrogen functional groups attached to an aromatic ring is 1. The lowest BCUT2D eigenvalue weighted by atomic mass is 10.2. The van der Waals surface area contributed by atoms with Crippen molar-refractivity contribution in [3.63, 3.8) is 0 Å². The van der Waals surface area contributed by atoms with Crippen LogP contribution in [0.4, 0.5) is 10.1 Å². The first-order valence-electron chi connectivity index (χ1n) is 4.87. The van der Waals surface area contributed by atoms with Crippen molar-refractivity contribution in [3.05, 3.63) is 51.4 Å². The minimum atomic E-state index is -0.692. The van der Waals surface area contributed by atoms with E-state index in [0.29, 0.717) is 0 Å².